The van der Waals surface area contributed by atoms with E-state index in [-0.39, 0.29) is 13.2 Å². The van der Waals surface area contributed by atoms with Crippen LogP contribution in [0.1, 0.15) is 5.56 Å². The van der Waals surface area contributed by atoms with Crippen molar-refractivity contribution in [2.75, 3.05) is 13.9 Å². The van der Waals surface area contributed by atoms with Gasteiger partial charge in [-0.1, -0.05) is 35.9 Å². The molecule has 0 amide bonds. The van der Waals surface area contributed by atoms with Gasteiger partial charge in [-0.15, -0.1) is 0 Å². The zero-order valence-corrected chi connectivity index (χ0v) is 12.3. The highest BCUT2D eigenvalue weighted by molar-refractivity contribution is 6.33. The van der Waals surface area contributed by atoms with Crippen molar-refractivity contribution >= 4 is 17.6 Å². The minimum Gasteiger partial charge on any atom is -0.481 e. The maximum Gasteiger partial charge on any atom is 0.307 e. The van der Waals surface area contributed by atoms with E-state index in [1.165, 1.54) is 0 Å². The van der Waals surface area contributed by atoms with Crippen LogP contribution in [0.3, 0.4) is 0 Å². The molecule has 0 aliphatic heterocycles. The van der Waals surface area contributed by atoms with Crippen LogP contribution in [-0.2, 0) is 16.0 Å². The average Bonchev–Trinajstić information content (AvgIpc) is 2.45. The first-order chi connectivity index (χ1) is 10.1. The summed E-state index contributed by atoms with van der Waals surface area (Å²) in [6.45, 7) is 0.198. The first kappa shape index (κ1) is 15.4. The SMILES string of the molecule is COCOc1ccc(-c2ccc(CC(=O)O)cc2Cl)cc1. The second-order valence-electron chi connectivity index (χ2n) is 4.46. The second kappa shape index (κ2) is 7.11. The van der Waals surface area contributed by atoms with E-state index in [9.17, 15) is 4.79 Å². The summed E-state index contributed by atoms with van der Waals surface area (Å²) in [4.78, 5) is 10.7. The fourth-order valence-electron chi connectivity index (χ4n) is 1.93. The summed E-state index contributed by atoms with van der Waals surface area (Å²) in [6, 6.07) is 12.7. The summed E-state index contributed by atoms with van der Waals surface area (Å²) in [5.74, 6) is -0.169. The van der Waals surface area contributed by atoms with Crippen molar-refractivity contribution in [2.24, 2.45) is 0 Å². The number of hydrogen-bond donors (Lipinski definition) is 1. The number of halogens is 1. The number of rotatable bonds is 6. The third-order valence-electron chi connectivity index (χ3n) is 2.90. The molecule has 0 saturated carbocycles. The molecule has 0 atom stereocenters. The molecule has 0 saturated heterocycles. The van der Waals surface area contributed by atoms with Crippen LogP contribution < -0.4 is 4.74 Å². The molecule has 0 aliphatic rings. The molecule has 0 aromatic heterocycles. The van der Waals surface area contributed by atoms with Gasteiger partial charge in [0.15, 0.2) is 6.79 Å². The number of ether oxygens (including phenoxy) is 2. The lowest BCUT2D eigenvalue weighted by Crippen LogP contribution is -2.00. The van der Waals surface area contributed by atoms with Gasteiger partial charge in [0.1, 0.15) is 5.75 Å². The largest absolute Gasteiger partial charge is 0.481 e. The van der Waals surface area contributed by atoms with Crippen LogP contribution in [0, 0.1) is 0 Å². The summed E-state index contributed by atoms with van der Waals surface area (Å²) in [7, 11) is 1.56. The van der Waals surface area contributed by atoms with Gasteiger partial charge in [-0.25, -0.2) is 0 Å². The number of carboxylic acids is 1. The number of methoxy groups -OCH3 is 1. The van der Waals surface area contributed by atoms with E-state index in [1.54, 1.807) is 19.2 Å². The van der Waals surface area contributed by atoms with Crippen molar-refractivity contribution < 1.29 is 19.4 Å². The highest BCUT2D eigenvalue weighted by atomic mass is 35.5. The van der Waals surface area contributed by atoms with Gasteiger partial charge in [-0.05, 0) is 29.3 Å². The zero-order valence-electron chi connectivity index (χ0n) is 11.5. The normalized spacial score (nSPS) is 10.4. The van der Waals surface area contributed by atoms with Crippen LogP contribution in [0.2, 0.25) is 5.02 Å². The Labute approximate surface area is 127 Å². The molecule has 110 valence electrons. The van der Waals surface area contributed by atoms with E-state index in [4.69, 9.17) is 26.2 Å². The Bertz CT molecular complexity index is 623. The molecular weight excluding hydrogens is 292 g/mol. The molecule has 0 unspecified atom stereocenters. The van der Waals surface area contributed by atoms with Crippen LogP contribution >= 0.6 is 11.6 Å². The van der Waals surface area contributed by atoms with Gasteiger partial charge >= 0.3 is 5.97 Å². The van der Waals surface area contributed by atoms with Crippen molar-refractivity contribution in [1.29, 1.82) is 0 Å². The molecule has 1 N–H and O–H groups in total. The van der Waals surface area contributed by atoms with E-state index in [2.05, 4.69) is 0 Å². The molecule has 0 fully saturated rings. The molecule has 2 rings (SSSR count). The van der Waals surface area contributed by atoms with Gasteiger partial charge in [0.25, 0.3) is 0 Å². The standard InChI is InChI=1S/C16H15ClO4/c1-20-10-21-13-5-3-12(4-6-13)14-7-2-11(8-15(14)17)9-16(18)19/h2-8H,9-10H2,1H3,(H,18,19). The van der Waals surface area contributed by atoms with Gasteiger partial charge in [0, 0.05) is 17.7 Å². The van der Waals surface area contributed by atoms with Crippen LogP contribution in [0.4, 0.5) is 0 Å². The molecule has 2 aromatic carbocycles. The summed E-state index contributed by atoms with van der Waals surface area (Å²) in [5.41, 5.74) is 2.46. The molecular formula is C16H15ClO4. The predicted molar refractivity (Wildman–Crippen MR) is 80.7 cm³/mol. The molecule has 0 radical (unpaired) electrons. The van der Waals surface area contributed by atoms with Gasteiger partial charge in [-0.2, -0.15) is 0 Å². The van der Waals surface area contributed by atoms with E-state index < -0.39 is 5.97 Å². The fourth-order valence-corrected chi connectivity index (χ4v) is 2.25. The quantitative estimate of drug-likeness (QED) is 0.828. The Morgan fingerprint density at radius 1 is 1.19 bits per heavy atom. The smallest absolute Gasteiger partial charge is 0.307 e. The summed E-state index contributed by atoms with van der Waals surface area (Å²) >= 11 is 6.23. The zero-order chi connectivity index (χ0) is 15.2. The molecule has 21 heavy (non-hydrogen) atoms. The Balaban J connectivity index is 2.19. The molecule has 2 aromatic rings. The second-order valence-corrected chi connectivity index (χ2v) is 4.87. The maximum absolute atomic E-state index is 10.7. The number of benzene rings is 2. The molecule has 0 aliphatic carbocycles. The number of carbonyl (C=O) groups is 1. The van der Waals surface area contributed by atoms with Gasteiger partial charge in [0.05, 0.1) is 6.42 Å². The average molecular weight is 307 g/mol. The first-order valence-corrected chi connectivity index (χ1v) is 6.70. The minimum absolute atomic E-state index is 0.0379. The topological polar surface area (TPSA) is 55.8 Å². The van der Waals surface area contributed by atoms with E-state index in [0.717, 1.165) is 11.1 Å². The number of aliphatic carboxylic acids is 1. The maximum atomic E-state index is 10.7. The van der Waals surface area contributed by atoms with Crippen LogP contribution in [-0.4, -0.2) is 25.0 Å². The molecule has 5 heteroatoms. The van der Waals surface area contributed by atoms with Gasteiger partial charge in [-0.3, -0.25) is 4.79 Å². The summed E-state index contributed by atoms with van der Waals surface area (Å²) in [6.07, 6.45) is -0.0379. The first-order valence-electron chi connectivity index (χ1n) is 6.32. The van der Waals surface area contributed by atoms with Crippen LogP contribution in [0.5, 0.6) is 5.75 Å². The van der Waals surface area contributed by atoms with Crippen molar-refractivity contribution in [3.63, 3.8) is 0 Å². The Morgan fingerprint density at radius 3 is 2.48 bits per heavy atom. The highest BCUT2D eigenvalue weighted by Gasteiger charge is 2.07. The number of carboxylic acid groups (broad SMARTS) is 1. The fraction of sp³-hybridized carbons (Fsp3) is 0.188. The monoisotopic (exact) mass is 306 g/mol. The third-order valence-corrected chi connectivity index (χ3v) is 3.21. The van der Waals surface area contributed by atoms with Crippen molar-refractivity contribution in [3.05, 3.63) is 53.1 Å². The van der Waals surface area contributed by atoms with E-state index >= 15 is 0 Å². The lowest BCUT2D eigenvalue weighted by molar-refractivity contribution is -0.136. The lowest BCUT2D eigenvalue weighted by atomic mass is 10.0. The van der Waals surface area contributed by atoms with Crippen molar-refractivity contribution in [1.82, 2.24) is 0 Å². The summed E-state index contributed by atoms with van der Waals surface area (Å²) < 4.78 is 10.2. The van der Waals surface area contributed by atoms with Gasteiger partial charge in [0.2, 0.25) is 0 Å². The van der Waals surface area contributed by atoms with Gasteiger partial charge < -0.3 is 14.6 Å². The Kier molecular flexibility index (Phi) is 5.20. The van der Waals surface area contributed by atoms with E-state index in [0.29, 0.717) is 16.3 Å². The molecule has 0 heterocycles. The van der Waals surface area contributed by atoms with Crippen molar-refractivity contribution in [2.45, 2.75) is 6.42 Å². The third kappa shape index (κ3) is 4.21. The minimum atomic E-state index is -0.876. The highest BCUT2D eigenvalue weighted by Crippen LogP contribution is 2.30. The molecule has 0 spiro atoms. The Morgan fingerprint density at radius 2 is 1.90 bits per heavy atom. The molecule has 4 nitrogen and oxygen atoms in total. The van der Waals surface area contributed by atoms with Crippen LogP contribution in [0.15, 0.2) is 42.5 Å². The molecule has 0 bridgehead atoms. The Hall–Kier alpha value is -2.04. The number of hydrogen-bond acceptors (Lipinski definition) is 3. The summed E-state index contributed by atoms with van der Waals surface area (Å²) in [5, 5.41) is 9.31. The van der Waals surface area contributed by atoms with Crippen molar-refractivity contribution in [3.8, 4) is 16.9 Å². The predicted octanol–water partition coefficient (Wildman–Crippen LogP) is 3.62. The van der Waals surface area contributed by atoms with Crippen LogP contribution in [0.25, 0.3) is 11.1 Å². The lowest BCUT2D eigenvalue weighted by Gasteiger charge is -2.08. The van der Waals surface area contributed by atoms with E-state index in [1.807, 2.05) is 30.3 Å².